The second-order valence-corrected chi connectivity index (χ2v) is 6.96. The van der Waals surface area contributed by atoms with Crippen LogP contribution in [0.25, 0.3) is 0 Å². The summed E-state index contributed by atoms with van der Waals surface area (Å²) >= 11 is 0. The first-order valence-corrected chi connectivity index (χ1v) is 8.17. The second-order valence-electron chi connectivity index (χ2n) is 6.96. The van der Waals surface area contributed by atoms with Crippen molar-refractivity contribution in [3.05, 3.63) is 59.7 Å². The fourth-order valence-electron chi connectivity index (χ4n) is 2.02. The van der Waals surface area contributed by atoms with Crippen LogP contribution < -0.4 is 16.2 Å². The van der Waals surface area contributed by atoms with Crippen LogP contribution >= 0.6 is 0 Å². The molecule has 2 aromatic rings. The lowest BCUT2D eigenvalue weighted by Gasteiger charge is -2.21. The zero-order valence-corrected chi connectivity index (χ0v) is 15.3. The number of aromatic hydroxyl groups is 1. The molecule has 5 N–H and O–H groups in total. The van der Waals surface area contributed by atoms with Crippen LogP contribution in [0, 0.1) is 0 Å². The van der Waals surface area contributed by atoms with Gasteiger partial charge in [0.2, 0.25) is 0 Å². The minimum atomic E-state index is -0.156. The van der Waals surface area contributed by atoms with Crippen LogP contribution in [-0.2, 0) is 0 Å². The number of phenolic OH excluding ortho intramolecular Hbond substituents is 1. The Labute approximate surface area is 145 Å². The molecule has 0 heterocycles. The largest absolute Gasteiger partial charge is 0.508 e. The molecule has 0 bridgehead atoms. The molecular formula is C20H30N2O2. The first kappa shape index (κ1) is 20.0. The zero-order valence-electron chi connectivity index (χ0n) is 15.3. The molecule has 0 fully saturated rings. The van der Waals surface area contributed by atoms with Gasteiger partial charge < -0.3 is 21.3 Å². The lowest BCUT2D eigenvalue weighted by Crippen LogP contribution is -2.23. The fourth-order valence-corrected chi connectivity index (χ4v) is 2.02. The summed E-state index contributed by atoms with van der Waals surface area (Å²) < 4.78 is 5.74. The number of benzene rings is 2. The average molecular weight is 330 g/mol. The van der Waals surface area contributed by atoms with Gasteiger partial charge in [0.05, 0.1) is 0 Å². The molecule has 132 valence electrons. The molecule has 0 saturated carbocycles. The molecule has 24 heavy (non-hydrogen) atoms. The SMILES string of the molecule is C[C@@H](N)c1cccc(O)c1.C[C@@H](N)c1cccc(OC(C)(C)C)c1. The molecule has 2 atom stereocenters. The minimum Gasteiger partial charge on any atom is -0.508 e. The van der Waals surface area contributed by atoms with Gasteiger partial charge in [0.15, 0.2) is 0 Å². The summed E-state index contributed by atoms with van der Waals surface area (Å²) in [4.78, 5) is 0. The molecule has 4 heteroatoms. The van der Waals surface area contributed by atoms with Crippen molar-refractivity contribution in [3.8, 4) is 11.5 Å². The molecule has 0 aromatic heterocycles. The molecule has 0 aliphatic rings. The summed E-state index contributed by atoms with van der Waals surface area (Å²) in [6.45, 7) is 9.95. The maximum Gasteiger partial charge on any atom is 0.120 e. The van der Waals surface area contributed by atoms with Gasteiger partial charge in [-0.05, 0) is 70.0 Å². The quantitative estimate of drug-likeness (QED) is 0.784. The molecule has 0 saturated heterocycles. The molecule has 2 rings (SSSR count). The van der Waals surface area contributed by atoms with Crippen LogP contribution in [0.5, 0.6) is 11.5 Å². The monoisotopic (exact) mass is 330 g/mol. The summed E-state index contributed by atoms with van der Waals surface area (Å²) in [5, 5.41) is 9.01. The van der Waals surface area contributed by atoms with E-state index in [0.29, 0.717) is 0 Å². The van der Waals surface area contributed by atoms with Crippen molar-refractivity contribution in [2.24, 2.45) is 11.5 Å². The van der Waals surface area contributed by atoms with E-state index in [9.17, 15) is 0 Å². The first-order valence-electron chi connectivity index (χ1n) is 8.17. The Morgan fingerprint density at radius 1 is 0.875 bits per heavy atom. The van der Waals surface area contributed by atoms with E-state index in [2.05, 4.69) is 0 Å². The highest BCUT2D eigenvalue weighted by Gasteiger charge is 2.12. The fraction of sp³-hybridized carbons (Fsp3) is 0.400. The van der Waals surface area contributed by atoms with Crippen LogP contribution in [0.1, 0.15) is 57.8 Å². The maximum absolute atomic E-state index is 9.01. The van der Waals surface area contributed by atoms with Crippen LogP contribution in [0.15, 0.2) is 48.5 Å². The van der Waals surface area contributed by atoms with Gasteiger partial charge in [-0.25, -0.2) is 0 Å². The number of phenols is 1. The summed E-state index contributed by atoms with van der Waals surface area (Å²) in [6.07, 6.45) is 0. The molecule has 2 aromatic carbocycles. The van der Waals surface area contributed by atoms with Crippen molar-refractivity contribution in [2.75, 3.05) is 0 Å². The smallest absolute Gasteiger partial charge is 0.120 e. The van der Waals surface area contributed by atoms with Gasteiger partial charge in [0.25, 0.3) is 0 Å². The third-order valence-corrected chi connectivity index (χ3v) is 3.20. The van der Waals surface area contributed by atoms with Crippen molar-refractivity contribution in [2.45, 2.75) is 52.3 Å². The Bertz CT molecular complexity index is 632. The van der Waals surface area contributed by atoms with Crippen LogP contribution in [0.4, 0.5) is 0 Å². The summed E-state index contributed by atoms with van der Waals surface area (Å²) in [7, 11) is 0. The molecule has 0 unspecified atom stereocenters. The van der Waals surface area contributed by atoms with E-state index in [0.717, 1.165) is 16.9 Å². The van der Waals surface area contributed by atoms with Crippen LogP contribution in [0.3, 0.4) is 0 Å². The van der Waals surface area contributed by atoms with Gasteiger partial charge in [-0.2, -0.15) is 0 Å². The summed E-state index contributed by atoms with van der Waals surface area (Å²) in [5.41, 5.74) is 13.3. The van der Waals surface area contributed by atoms with E-state index in [4.69, 9.17) is 21.3 Å². The molecular weight excluding hydrogens is 300 g/mol. The molecule has 4 nitrogen and oxygen atoms in total. The third kappa shape index (κ3) is 7.49. The summed E-state index contributed by atoms with van der Waals surface area (Å²) in [6, 6.07) is 15.0. The Kier molecular flexibility index (Phi) is 7.26. The Balaban J connectivity index is 0.000000254. The van der Waals surface area contributed by atoms with Crippen LogP contribution in [-0.4, -0.2) is 10.7 Å². The number of nitrogens with two attached hydrogens (primary N) is 2. The predicted octanol–water partition coefficient (Wildman–Crippen LogP) is 4.30. The normalized spacial score (nSPS) is 13.5. The topological polar surface area (TPSA) is 81.5 Å². The lowest BCUT2D eigenvalue weighted by molar-refractivity contribution is 0.131. The van der Waals surface area contributed by atoms with E-state index in [-0.39, 0.29) is 23.4 Å². The lowest BCUT2D eigenvalue weighted by atomic mass is 10.1. The van der Waals surface area contributed by atoms with Crippen molar-refractivity contribution in [1.82, 2.24) is 0 Å². The number of hydrogen-bond acceptors (Lipinski definition) is 4. The van der Waals surface area contributed by atoms with Gasteiger partial charge in [-0.1, -0.05) is 24.3 Å². The minimum absolute atomic E-state index is 0.00731. The molecule has 0 aliphatic heterocycles. The Hall–Kier alpha value is -2.04. The van der Waals surface area contributed by atoms with Crippen molar-refractivity contribution in [3.63, 3.8) is 0 Å². The Morgan fingerprint density at radius 2 is 1.38 bits per heavy atom. The van der Waals surface area contributed by atoms with E-state index >= 15 is 0 Å². The van der Waals surface area contributed by atoms with Crippen LogP contribution in [0.2, 0.25) is 0 Å². The predicted molar refractivity (Wildman–Crippen MR) is 100 cm³/mol. The number of rotatable bonds is 3. The van der Waals surface area contributed by atoms with E-state index in [1.807, 2.05) is 65.0 Å². The highest BCUT2D eigenvalue weighted by atomic mass is 16.5. The van der Waals surface area contributed by atoms with Gasteiger partial charge >= 0.3 is 0 Å². The van der Waals surface area contributed by atoms with Crippen molar-refractivity contribution < 1.29 is 9.84 Å². The highest BCUT2D eigenvalue weighted by molar-refractivity contribution is 5.30. The van der Waals surface area contributed by atoms with E-state index in [1.54, 1.807) is 18.2 Å². The Morgan fingerprint density at radius 3 is 1.79 bits per heavy atom. The highest BCUT2D eigenvalue weighted by Crippen LogP contribution is 2.21. The van der Waals surface area contributed by atoms with E-state index < -0.39 is 0 Å². The second kappa shape index (κ2) is 8.71. The molecule has 0 aliphatic carbocycles. The summed E-state index contributed by atoms with van der Waals surface area (Å²) in [5.74, 6) is 1.15. The number of hydrogen-bond donors (Lipinski definition) is 3. The first-order chi connectivity index (χ1) is 11.1. The molecule has 0 amide bonds. The maximum atomic E-state index is 9.01. The zero-order chi connectivity index (χ0) is 18.3. The van der Waals surface area contributed by atoms with E-state index in [1.165, 1.54) is 0 Å². The average Bonchev–Trinajstić information content (AvgIpc) is 2.46. The van der Waals surface area contributed by atoms with Crippen molar-refractivity contribution in [1.29, 1.82) is 0 Å². The van der Waals surface area contributed by atoms with Gasteiger partial charge in [0.1, 0.15) is 17.1 Å². The van der Waals surface area contributed by atoms with Gasteiger partial charge in [-0.3, -0.25) is 0 Å². The molecule has 0 spiro atoms. The van der Waals surface area contributed by atoms with Gasteiger partial charge in [-0.15, -0.1) is 0 Å². The van der Waals surface area contributed by atoms with Crippen molar-refractivity contribution >= 4 is 0 Å². The third-order valence-electron chi connectivity index (χ3n) is 3.20. The molecule has 0 radical (unpaired) electrons. The number of ether oxygens (including phenoxy) is 1. The standard InChI is InChI=1S/C12H19NO.C8H11NO/c1-9(13)10-6-5-7-11(8-10)14-12(2,3)4;1-6(9)7-3-2-4-8(10)5-7/h5-9H,13H2,1-4H3;2-6,10H,9H2,1H3/t9-;6-/m11/s1. The van der Waals surface area contributed by atoms with Gasteiger partial charge in [0, 0.05) is 12.1 Å².